The van der Waals surface area contributed by atoms with Crippen LogP contribution < -0.4 is 5.73 Å². The van der Waals surface area contributed by atoms with Gasteiger partial charge in [-0.25, -0.2) is 12.8 Å². The summed E-state index contributed by atoms with van der Waals surface area (Å²) in [4.78, 5) is 0. The largest absolute Gasteiger partial charge is 0.312 e. The van der Waals surface area contributed by atoms with Crippen molar-refractivity contribution in [1.29, 1.82) is 5.26 Å². The number of nitriles is 1. The van der Waals surface area contributed by atoms with E-state index in [9.17, 15) is 12.8 Å². The van der Waals surface area contributed by atoms with Crippen molar-refractivity contribution in [3.63, 3.8) is 0 Å². The van der Waals surface area contributed by atoms with Gasteiger partial charge < -0.3 is 5.73 Å². The topological polar surface area (TPSA) is 83.9 Å². The third kappa shape index (κ3) is 1.80. The Kier molecular flexibility index (Phi) is 2.92. The second kappa shape index (κ2) is 4.04. The van der Waals surface area contributed by atoms with E-state index in [-0.39, 0.29) is 5.75 Å². The van der Waals surface area contributed by atoms with E-state index in [0.717, 1.165) is 0 Å². The van der Waals surface area contributed by atoms with E-state index in [0.29, 0.717) is 5.56 Å². The van der Waals surface area contributed by atoms with E-state index >= 15 is 0 Å². The highest BCUT2D eigenvalue weighted by Gasteiger charge is 2.69. The maximum Gasteiger partial charge on any atom is 0.156 e. The molecule has 1 fully saturated rings. The summed E-state index contributed by atoms with van der Waals surface area (Å²) in [5, 5.41) is 8.12. The van der Waals surface area contributed by atoms with Gasteiger partial charge in [0, 0.05) is 11.7 Å². The Bertz CT molecular complexity index is 623. The van der Waals surface area contributed by atoms with Gasteiger partial charge in [0.15, 0.2) is 9.84 Å². The second-order valence-corrected chi connectivity index (χ2v) is 6.86. The molecule has 0 amide bonds. The molecule has 3 unspecified atom stereocenters. The van der Waals surface area contributed by atoms with Crippen molar-refractivity contribution in [2.75, 3.05) is 5.75 Å². The normalized spacial score (nSPS) is 30.8. The maximum absolute atomic E-state index is 13.1. The minimum atomic E-state index is -3.42. The lowest BCUT2D eigenvalue weighted by molar-refractivity contribution is 0.593. The van der Waals surface area contributed by atoms with E-state index < -0.39 is 32.4 Å². The molecule has 2 rings (SSSR count). The van der Waals surface area contributed by atoms with Crippen LogP contribution in [0.25, 0.3) is 0 Å². The van der Waals surface area contributed by atoms with Gasteiger partial charge in [0.1, 0.15) is 16.6 Å². The molecule has 1 aliphatic carbocycles. The molecule has 2 N–H and O–H groups in total. The van der Waals surface area contributed by atoms with Crippen molar-refractivity contribution in [3.8, 4) is 6.07 Å². The van der Waals surface area contributed by atoms with E-state index in [1.807, 2.05) is 6.07 Å². The average Bonchev–Trinajstić information content (AvgIpc) is 2.98. The lowest BCUT2D eigenvalue weighted by Crippen LogP contribution is -2.29. The predicted octanol–water partition coefficient (Wildman–Crippen LogP) is 0.947. The number of nitrogens with two attached hydrogens (primary N) is 1. The molecule has 0 bridgehead atoms. The number of benzene rings is 1. The first-order chi connectivity index (χ1) is 8.36. The molecule has 3 atom stereocenters. The van der Waals surface area contributed by atoms with Crippen LogP contribution in [0.3, 0.4) is 0 Å². The first kappa shape index (κ1) is 13.0. The summed E-state index contributed by atoms with van der Waals surface area (Å²) < 4.78 is 36.9. The van der Waals surface area contributed by atoms with Crippen LogP contribution in [0, 0.1) is 17.1 Å². The summed E-state index contributed by atoms with van der Waals surface area (Å²) in [5.41, 5.74) is 4.83. The molecular formula is C12H13FN2O2S. The molecular weight excluding hydrogens is 255 g/mol. The van der Waals surface area contributed by atoms with Gasteiger partial charge in [-0.15, -0.1) is 0 Å². The summed E-state index contributed by atoms with van der Waals surface area (Å²) in [6.07, 6.45) is 0. The van der Waals surface area contributed by atoms with Crippen LogP contribution in [0.1, 0.15) is 18.4 Å². The fourth-order valence-corrected chi connectivity index (χ4v) is 4.21. The van der Waals surface area contributed by atoms with Gasteiger partial charge in [-0.05, 0) is 17.7 Å². The molecule has 0 aromatic heterocycles. The van der Waals surface area contributed by atoms with Crippen LogP contribution in [0.2, 0.25) is 0 Å². The number of hydrogen-bond donors (Lipinski definition) is 1. The van der Waals surface area contributed by atoms with Gasteiger partial charge in [-0.2, -0.15) is 5.26 Å². The maximum atomic E-state index is 13.1. The molecule has 0 saturated heterocycles. The van der Waals surface area contributed by atoms with E-state index in [1.54, 1.807) is 6.07 Å². The molecule has 6 heteroatoms. The Morgan fingerprint density at radius 2 is 2.22 bits per heavy atom. The highest BCUT2D eigenvalue weighted by Crippen LogP contribution is 2.53. The van der Waals surface area contributed by atoms with Crippen LogP contribution >= 0.6 is 0 Å². The summed E-state index contributed by atoms with van der Waals surface area (Å²) in [6.45, 7) is 1.51. The van der Waals surface area contributed by atoms with Gasteiger partial charge in [-0.3, -0.25) is 0 Å². The monoisotopic (exact) mass is 268 g/mol. The molecule has 0 radical (unpaired) electrons. The number of nitrogens with zero attached hydrogens (tertiary/aromatic N) is 1. The van der Waals surface area contributed by atoms with Crippen molar-refractivity contribution in [1.82, 2.24) is 0 Å². The first-order valence-electron chi connectivity index (χ1n) is 5.54. The van der Waals surface area contributed by atoms with Crippen LogP contribution in [0.4, 0.5) is 4.39 Å². The van der Waals surface area contributed by atoms with Crippen molar-refractivity contribution < 1.29 is 12.8 Å². The van der Waals surface area contributed by atoms with Crippen LogP contribution in [0.5, 0.6) is 0 Å². The Morgan fingerprint density at radius 3 is 2.72 bits per heavy atom. The van der Waals surface area contributed by atoms with Crippen molar-refractivity contribution in [3.05, 3.63) is 35.6 Å². The fraction of sp³-hybridized carbons (Fsp3) is 0.417. The smallest absolute Gasteiger partial charge is 0.156 e. The Morgan fingerprint density at radius 1 is 1.56 bits per heavy atom. The van der Waals surface area contributed by atoms with Crippen LogP contribution in [-0.2, 0) is 9.84 Å². The van der Waals surface area contributed by atoms with Gasteiger partial charge in [0.25, 0.3) is 0 Å². The zero-order chi connectivity index (χ0) is 13.6. The number of rotatable bonds is 3. The quantitative estimate of drug-likeness (QED) is 0.884. The summed E-state index contributed by atoms with van der Waals surface area (Å²) in [6, 6.07) is 7.42. The second-order valence-electron chi connectivity index (χ2n) is 4.45. The molecule has 1 saturated carbocycles. The molecule has 4 nitrogen and oxygen atoms in total. The van der Waals surface area contributed by atoms with Gasteiger partial charge in [-0.1, -0.05) is 19.1 Å². The highest BCUT2D eigenvalue weighted by molar-refractivity contribution is 7.92. The summed E-state index contributed by atoms with van der Waals surface area (Å²) in [5.74, 6) is -1.19. The summed E-state index contributed by atoms with van der Waals surface area (Å²) >= 11 is 0. The minimum absolute atomic E-state index is 0.0793. The van der Waals surface area contributed by atoms with E-state index in [2.05, 4.69) is 0 Å². The molecule has 0 spiro atoms. The third-order valence-corrected chi connectivity index (χ3v) is 5.61. The zero-order valence-electron chi connectivity index (χ0n) is 9.80. The number of hydrogen-bond acceptors (Lipinski definition) is 4. The van der Waals surface area contributed by atoms with Gasteiger partial charge in [0.2, 0.25) is 0 Å². The first-order valence-corrected chi connectivity index (χ1v) is 7.25. The molecule has 1 aliphatic rings. The van der Waals surface area contributed by atoms with Crippen molar-refractivity contribution in [2.45, 2.75) is 23.6 Å². The van der Waals surface area contributed by atoms with Crippen LogP contribution in [-0.4, -0.2) is 25.0 Å². The molecule has 1 aromatic rings. The molecule has 1 aromatic carbocycles. The Labute approximate surface area is 105 Å². The third-order valence-electron chi connectivity index (χ3n) is 3.37. The zero-order valence-corrected chi connectivity index (χ0v) is 10.6. The highest BCUT2D eigenvalue weighted by atomic mass is 32.2. The SMILES string of the molecule is CCS(=O)(=O)C1C(c2cccc(F)c2)C1(N)C#N. The van der Waals surface area contributed by atoms with Gasteiger partial charge >= 0.3 is 0 Å². The fourth-order valence-electron chi connectivity index (χ4n) is 2.34. The average molecular weight is 268 g/mol. The molecule has 0 aliphatic heterocycles. The lowest BCUT2D eigenvalue weighted by atomic mass is 10.1. The molecule has 96 valence electrons. The van der Waals surface area contributed by atoms with E-state index in [1.165, 1.54) is 25.1 Å². The van der Waals surface area contributed by atoms with E-state index in [4.69, 9.17) is 11.0 Å². The number of halogens is 1. The Balaban J connectivity index is 2.45. The lowest BCUT2D eigenvalue weighted by Gasteiger charge is -2.00. The minimum Gasteiger partial charge on any atom is -0.312 e. The standard InChI is InChI=1S/C12H13FN2O2S/c1-2-18(16,17)11-10(12(11,15)7-14)8-4-3-5-9(13)6-8/h3-6,10-11H,2,15H2,1H3. The van der Waals surface area contributed by atoms with Crippen molar-refractivity contribution >= 4 is 9.84 Å². The predicted molar refractivity (Wildman–Crippen MR) is 64.9 cm³/mol. The number of sulfone groups is 1. The van der Waals surface area contributed by atoms with Crippen LogP contribution in [0.15, 0.2) is 24.3 Å². The molecule has 18 heavy (non-hydrogen) atoms. The van der Waals surface area contributed by atoms with Crippen molar-refractivity contribution in [2.24, 2.45) is 5.73 Å². The van der Waals surface area contributed by atoms with Gasteiger partial charge in [0.05, 0.1) is 6.07 Å². The Hall–Kier alpha value is -1.45. The summed E-state index contributed by atoms with van der Waals surface area (Å²) in [7, 11) is -3.42. The molecule has 0 heterocycles.